The van der Waals surface area contributed by atoms with E-state index in [4.69, 9.17) is 4.98 Å². The van der Waals surface area contributed by atoms with Crippen molar-refractivity contribution in [3.8, 4) is 22.5 Å². The number of imidazole rings is 1. The van der Waals surface area contributed by atoms with E-state index in [2.05, 4.69) is 70.1 Å². The van der Waals surface area contributed by atoms with Gasteiger partial charge < -0.3 is 9.47 Å². The quantitative estimate of drug-likeness (QED) is 0.620. The van der Waals surface area contributed by atoms with Gasteiger partial charge in [0.2, 0.25) is 0 Å². The summed E-state index contributed by atoms with van der Waals surface area (Å²) in [4.78, 5) is 7.39. The van der Waals surface area contributed by atoms with Crippen molar-refractivity contribution in [1.29, 1.82) is 0 Å². The highest BCUT2D eigenvalue weighted by atomic mass is 15.1. The van der Waals surface area contributed by atoms with Gasteiger partial charge in [0.05, 0.1) is 17.7 Å². The molecule has 0 atom stereocenters. The highest BCUT2D eigenvalue weighted by Crippen LogP contribution is 2.31. The lowest BCUT2D eigenvalue weighted by Crippen LogP contribution is -2.31. The molecule has 134 valence electrons. The van der Waals surface area contributed by atoms with Gasteiger partial charge in [0.25, 0.3) is 0 Å². The maximum Gasteiger partial charge on any atom is 0.0963 e. The van der Waals surface area contributed by atoms with Crippen molar-refractivity contribution < 1.29 is 0 Å². The molecule has 4 rings (SSSR count). The second kappa shape index (κ2) is 8.33. The first-order valence-corrected chi connectivity index (χ1v) is 9.80. The number of hydrogen-bond donors (Lipinski definition) is 0. The second-order valence-corrected chi connectivity index (χ2v) is 7.12. The van der Waals surface area contributed by atoms with Crippen molar-refractivity contribution in [2.75, 3.05) is 19.6 Å². The summed E-state index contributed by atoms with van der Waals surface area (Å²) in [6.07, 6.45) is 7.30. The second-order valence-electron chi connectivity index (χ2n) is 7.12. The number of nitrogens with zero attached hydrogens (tertiary/aromatic N) is 3. The summed E-state index contributed by atoms with van der Waals surface area (Å²) in [7, 11) is 0. The minimum Gasteiger partial charge on any atom is -0.330 e. The van der Waals surface area contributed by atoms with Gasteiger partial charge in [-0.1, -0.05) is 67.1 Å². The van der Waals surface area contributed by atoms with E-state index in [9.17, 15) is 0 Å². The fourth-order valence-corrected chi connectivity index (χ4v) is 3.91. The summed E-state index contributed by atoms with van der Waals surface area (Å²) < 4.78 is 2.33. The Morgan fingerprint density at radius 2 is 1.38 bits per heavy atom. The summed E-state index contributed by atoms with van der Waals surface area (Å²) in [6.45, 7) is 4.74. The van der Waals surface area contributed by atoms with Crippen LogP contribution in [-0.2, 0) is 6.54 Å². The lowest BCUT2D eigenvalue weighted by Gasteiger charge is -2.26. The van der Waals surface area contributed by atoms with Gasteiger partial charge in [0.1, 0.15) is 0 Å². The molecular formula is C23H27N3. The van der Waals surface area contributed by atoms with Crippen LogP contribution in [0.5, 0.6) is 0 Å². The molecule has 0 spiro atoms. The Bertz CT molecular complexity index is 802. The Balaban J connectivity index is 1.57. The minimum absolute atomic E-state index is 1.01. The van der Waals surface area contributed by atoms with Crippen LogP contribution in [0.25, 0.3) is 22.5 Å². The third-order valence-corrected chi connectivity index (χ3v) is 5.25. The number of rotatable bonds is 6. The molecule has 1 aliphatic rings. The smallest absolute Gasteiger partial charge is 0.0963 e. The van der Waals surface area contributed by atoms with Crippen LogP contribution in [0.15, 0.2) is 67.0 Å². The van der Waals surface area contributed by atoms with Crippen LogP contribution in [0.3, 0.4) is 0 Å². The van der Waals surface area contributed by atoms with Crippen LogP contribution in [0, 0.1) is 0 Å². The van der Waals surface area contributed by atoms with Gasteiger partial charge in [0.15, 0.2) is 0 Å². The maximum absolute atomic E-state index is 4.78. The largest absolute Gasteiger partial charge is 0.330 e. The monoisotopic (exact) mass is 345 g/mol. The number of aromatic nitrogens is 2. The van der Waals surface area contributed by atoms with Gasteiger partial charge in [-0.15, -0.1) is 0 Å². The van der Waals surface area contributed by atoms with E-state index < -0.39 is 0 Å². The summed E-state index contributed by atoms with van der Waals surface area (Å²) >= 11 is 0. The predicted octanol–water partition coefficient (Wildman–Crippen LogP) is 5.09. The lowest BCUT2D eigenvalue weighted by molar-refractivity contribution is 0.223. The molecule has 1 aliphatic heterocycles. The third kappa shape index (κ3) is 3.88. The average Bonchev–Trinajstić information content (AvgIpc) is 3.14. The van der Waals surface area contributed by atoms with Gasteiger partial charge in [-0.05, 0) is 38.9 Å². The molecular weight excluding hydrogens is 318 g/mol. The molecule has 2 heterocycles. The van der Waals surface area contributed by atoms with Crippen LogP contribution in [0.4, 0.5) is 0 Å². The van der Waals surface area contributed by atoms with Crippen LogP contribution < -0.4 is 0 Å². The maximum atomic E-state index is 4.78. The van der Waals surface area contributed by atoms with E-state index in [1.807, 2.05) is 6.33 Å². The molecule has 0 bridgehead atoms. The minimum atomic E-state index is 1.01. The topological polar surface area (TPSA) is 21.1 Å². The number of piperidine rings is 1. The summed E-state index contributed by atoms with van der Waals surface area (Å²) in [6, 6.07) is 21.2. The molecule has 2 aromatic carbocycles. The zero-order valence-electron chi connectivity index (χ0n) is 15.3. The number of likely N-dealkylation sites (tertiary alicyclic amines) is 1. The summed E-state index contributed by atoms with van der Waals surface area (Å²) in [5.41, 5.74) is 4.73. The first-order valence-electron chi connectivity index (χ1n) is 9.80. The molecule has 1 saturated heterocycles. The van der Waals surface area contributed by atoms with E-state index in [1.54, 1.807) is 0 Å². The Morgan fingerprint density at radius 1 is 0.731 bits per heavy atom. The van der Waals surface area contributed by atoms with Gasteiger partial charge in [-0.25, -0.2) is 4.98 Å². The molecule has 0 unspecified atom stereocenters. The van der Waals surface area contributed by atoms with Crippen LogP contribution >= 0.6 is 0 Å². The Morgan fingerprint density at radius 3 is 2.08 bits per heavy atom. The van der Waals surface area contributed by atoms with E-state index in [-0.39, 0.29) is 0 Å². The SMILES string of the molecule is c1ccc(-c2ncn(CCCN3CCCCC3)c2-c2ccccc2)cc1. The van der Waals surface area contributed by atoms with Gasteiger partial charge in [-0.2, -0.15) is 0 Å². The molecule has 0 radical (unpaired) electrons. The normalized spacial score (nSPS) is 15.2. The van der Waals surface area contributed by atoms with E-state index in [1.165, 1.54) is 62.1 Å². The average molecular weight is 345 g/mol. The Labute approximate surface area is 156 Å². The van der Waals surface area contributed by atoms with Crippen molar-refractivity contribution in [1.82, 2.24) is 14.5 Å². The molecule has 0 N–H and O–H groups in total. The molecule has 3 aromatic rings. The number of benzene rings is 2. The molecule has 0 amide bonds. The third-order valence-electron chi connectivity index (χ3n) is 5.25. The molecule has 3 heteroatoms. The Hall–Kier alpha value is -2.39. The molecule has 1 aromatic heterocycles. The van der Waals surface area contributed by atoms with Crippen molar-refractivity contribution in [2.24, 2.45) is 0 Å². The first-order chi connectivity index (χ1) is 12.9. The predicted molar refractivity (Wildman–Crippen MR) is 108 cm³/mol. The van der Waals surface area contributed by atoms with Gasteiger partial charge in [0, 0.05) is 17.7 Å². The summed E-state index contributed by atoms with van der Waals surface area (Å²) in [5.74, 6) is 0. The van der Waals surface area contributed by atoms with E-state index in [0.29, 0.717) is 0 Å². The van der Waals surface area contributed by atoms with E-state index >= 15 is 0 Å². The molecule has 0 aliphatic carbocycles. The molecule has 0 saturated carbocycles. The Kier molecular flexibility index (Phi) is 5.46. The van der Waals surface area contributed by atoms with Crippen LogP contribution in [-0.4, -0.2) is 34.1 Å². The van der Waals surface area contributed by atoms with E-state index in [0.717, 1.165) is 12.2 Å². The highest BCUT2D eigenvalue weighted by Gasteiger charge is 2.15. The van der Waals surface area contributed by atoms with Crippen molar-refractivity contribution in [3.63, 3.8) is 0 Å². The fourth-order valence-electron chi connectivity index (χ4n) is 3.91. The molecule has 1 fully saturated rings. The van der Waals surface area contributed by atoms with Crippen molar-refractivity contribution in [2.45, 2.75) is 32.2 Å². The van der Waals surface area contributed by atoms with Gasteiger partial charge in [-0.3, -0.25) is 0 Å². The lowest BCUT2D eigenvalue weighted by atomic mass is 10.0. The molecule has 26 heavy (non-hydrogen) atoms. The van der Waals surface area contributed by atoms with Crippen molar-refractivity contribution >= 4 is 0 Å². The zero-order chi connectivity index (χ0) is 17.6. The highest BCUT2D eigenvalue weighted by molar-refractivity contribution is 5.78. The molecule has 3 nitrogen and oxygen atoms in total. The fraction of sp³-hybridized carbons (Fsp3) is 0.348. The van der Waals surface area contributed by atoms with Gasteiger partial charge >= 0.3 is 0 Å². The van der Waals surface area contributed by atoms with Crippen molar-refractivity contribution in [3.05, 3.63) is 67.0 Å². The zero-order valence-corrected chi connectivity index (χ0v) is 15.3. The van der Waals surface area contributed by atoms with Crippen LogP contribution in [0.1, 0.15) is 25.7 Å². The standard InChI is InChI=1S/C23H27N3/c1-4-11-20(12-5-1)22-23(21-13-6-2-7-14-21)26(19-24-22)18-10-17-25-15-8-3-9-16-25/h1-2,4-7,11-14,19H,3,8-10,15-18H2. The number of hydrogen-bond acceptors (Lipinski definition) is 2. The van der Waals surface area contributed by atoms with Crippen LogP contribution in [0.2, 0.25) is 0 Å². The summed E-state index contributed by atoms with van der Waals surface area (Å²) in [5, 5.41) is 0. The number of aryl methyl sites for hydroxylation is 1. The first kappa shape index (κ1) is 17.0.